The average molecular weight is 634 g/mol. The summed E-state index contributed by atoms with van der Waals surface area (Å²) in [5, 5.41) is 8.46. The summed E-state index contributed by atoms with van der Waals surface area (Å²) in [6.45, 7) is 0.162. The van der Waals surface area contributed by atoms with E-state index in [-0.39, 0.29) is 12.5 Å². The number of hydrogen-bond donors (Lipinski definition) is 4. The molecule has 0 spiro atoms. The minimum Gasteiger partial charge on any atom is -0.303 e. The minimum atomic E-state index is -4.28. The number of carbonyl (C=O) groups is 1. The zero-order chi connectivity index (χ0) is 31.5. The molecule has 0 rings (SSSR count). The second-order valence-electron chi connectivity index (χ2n) is 12.9. The molecule has 0 aromatic rings. The monoisotopic (exact) mass is 634 g/mol. The summed E-state index contributed by atoms with van der Waals surface area (Å²) in [6.07, 6.45) is 42.5. The smallest absolute Gasteiger partial charge is 0.303 e. The Morgan fingerprint density at radius 3 is 0.837 bits per heavy atom. The molecule has 0 unspecified atom stereocenters. The predicted molar refractivity (Wildman–Crippen MR) is 180 cm³/mol. The second-order valence-corrected chi connectivity index (χ2v) is 14.2. The van der Waals surface area contributed by atoms with Crippen molar-refractivity contribution < 1.29 is 28.9 Å². The lowest BCUT2D eigenvalue weighted by atomic mass is 10.0. The van der Waals surface area contributed by atoms with Gasteiger partial charge in [-0.2, -0.15) is 0 Å². The Labute approximate surface area is 266 Å². The van der Waals surface area contributed by atoms with Gasteiger partial charge in [0.15, 0.2) is 0 Å². The zero-order valence-corrected chi connectivity index (χ0v) is 28.9. The van der Waals surface area contributed by atoms with Gasteiger partial charge in [-0.25, -0.2) is 10.0 Å². The summed E-state index contributed by atoms with van der Waals surface area (Å²) in [5.41, 5.74) is 1.69. The zero-order valence-electron chi connectivity index (χ0n) is 28.1. The van der Waals surface area contributed by atoms with Gasteiger partial charge in [0, 0.05) is 6.42 Å². The molecule has 0 aliphatic rings. The Balaban J connectivity index is 3.07. The number of rotatable bonds is 36. The largest absolute Gasteiger partial charge is 0.469 e. The van der Waals surface area contributed by atoms with Crippen LogP contribution in [0, 0.1) is 0 Å². The van der Waals surface area contributed by atoms with Crippen molar-refractivity contribution in [2.45, 2.75) is 212 Å². The fourth-order valence-corrected chi connectivity index (χ4v) is 6.30. The van der Waals surface area contributed by atoms with Gasteiger partial charge in [-0.1, -0.05) is 193 Å². The van der Waals surface area contributed by atoms with Crippen LogP contribution >= 0.6 is 7.82 Å². The number of carbonyl (C=O) groups excluding carboxylic acids is 1. The van der Waals surface area contributed by atoms with Crippen LogP contribution < -0.4 is 5.48 Å². The summed E-state index contributed by atoms with van der Waals surface area (Å²) in [7, 11) is -4.28. The molecule has 8 heteroatoms. The normalized spacial score (nSPS) is 11.8. The Morgan fingerprint density at radius 2 is 0.628 bits per heavy atom. The maximum atomic E-state index is 10.9. The van der Waals surface area contributed by atoms with Crippen molar-refractivity contribution in [2.24, 2.45) is 0 Å². The van der Waals surface area contributed by atoms with Crippen LogP contribution in [0.1, 0.15) is 212 Å². The van der Waals surface area contributed by atoms with Crippen LogP contribution in [-0.4, -0.2) is 27.5 Å². The summed E-state index contributed by atoms with van der Waals surface area (Å²) >= 11 is 0. The van der Waals surface area contributed by atoms with Gasteiger partial charge in [0.05, 0.1) is 6.61 Å². The van der Waals surface area contributed by atoms with Gasteiger partial charge in [-0.3, -0.25) is 14.5 Å². The molecule has 0 aromatic carbocycles. The van der Waals surface area contributed by atoms with Crippen LogP contribution in [0.25, 0.3) is 0 Å². The van der Waals surface area contributed by atoms with Crippen molar-refractivity contribution in [1.29, 1.82) is 0 Å². The third-order valence-corrected chi connectivity index (χ3v) is 9.20. The molecule has 0 bridgehead atoms. The van der Waals surface area contributed by atoms with E-state index in [1.54, 1.807) is 5.48 Å². The fourth-order valence-electron chi connectivity index (χ4n) is 5.93. The van der Waals surface area contributed by atoms with E-state index < -0.39 is 7.82 Å². The van der Waals surface area contributed by atoms with Crippen LogP contribution in [0.4, 0.5) is 0 Å². The van der Waals surface area contributed by atoms with Gasteiger partial charge >= 0.3 is 7.82 Å². The molecule has 4 N–H and O–H groups in total. The molecule has 7 nitrogen and oxygen atoms in total. The van der Waals surface area contributed by atoms with E-state index in [4.69, 9.17) is 15.0 Å². The van der Waals surface area contributed by atoms with Crippen LogP contribution in [0.3, 0.4) is 0 Å². The van der Waals surface area contributed by atoms with Crippen molar-refractivity contribution in [1.82, 2.24) is 5.48 Å². The van der Waals surface area contributed by atoms with Gasteiger partial charge in [0.2, 0.25) is 5.91 Å². The van der Waals surface area contributed by atoms with Crippen LogP contribution in [0.15, 0.2) is 0 Å². The first-order chi connectivity index (χ1) is 21.0. The minimum absolute atomic E-state index is 0.162. The standard InChI is InChI=1S/C35H72NO6P/c37-35(36-38)33-31-29-27-25-23-21-19-17-15-13-11-9-7-5-3-1-2-4-6-8-10-12-14-16-18-20-22-24-26-28-30-32-34-42-43(39,40)41/h38H,1-34H2,(H,36,37)(H2,39,40,41). The maximum Gasteiger partial charge on any atom is 0.469 e. The highest BCUT2D eigenvalue weighted by Gasteiger charge is 2.12. The Bertz CT molecular complexity index is 615. The summed E-state index contributed by atoms with van der Waals surface area (Å²) in [5.74, 6) is -0.264. The van der Waals surface area contributed by atoms with Crippen LogP contribution in [0.5, 0.6) is 0 Å². The first-order valence-electron chi connectivity index (χ1n) is 18.6. The van der Waals surface area contributed by atoms with Gasteiger partial charge in [0.25, 0.3) is 0 Å². The lowest BCUT2D eigenvalue weighted by Gasteiger charge is -2.05. The molecule has 0 aliphatic carbocycles. The lowest BCUT2D eigenvalue weighted by Crippen LogP contribution is -2.17. The summed E-state index contributed by atoms with van der Waals surface area (Å²) in [6, 6.07) is 0. The van der Waals surface area contributed by atoms with E-state index >= 15 is 0 Å². The number of hydroxylamine groups is 1. The topological polar surface area (TPSA) is 116 Å². The van der Waals surface area contributed by atoms with Crippen LogP contribution in [-0.2, 0) is 13.9 Å². The molecule has 258 valence electrons. The fraction of sp³-hybridized carbons (Fsp3) is 0.971. The van der Waals surface area contributed by atoms with Crippen molar-refractivity contribution in [3.63, 3.8) is 0 Å². The van der Waals surface area contributed by atoms with E-state index in [2.05, 4.69) is 4.52 Å². The lowest BCUT2D eigenvalue weighted by molar-refractivity contribution is -0.129. The van der Waals surface area contributed by atoms with Gasteiger partial charge < -0.3 is 9.79 Å². The highest BCUT2D eigenvalue weighted by atomic mass is 31.2. The molecule has 0 atom stereocenters. The summed E-state index contributed by atoms with van der Waals surface area (Å²) < 4.78 is 15.0. The van der Waals surface area contributed by atoms with Crippen LogP contribution in [0.2, 0.25) is 0 Å². The SMILES string of the molecule is O=C(CCCCCCCCCCCCCCCCCCCCCCCCCCCCCCCCCCOP(=O)(O)O)NO. The Hall–Kier alpha value is -0.460. The number of phosphoric ester groups is 1. The molecule has 0 saturated heterocycles. The molecule has 0 radical (unpaired) electrons. The molecular weight excluding hydrogens is 561 g/mol. The second kappa shape index (κ2) is 34.4. The highest BCUT2D eigenvalue weighted by Crippen LogP contribution is 2.35. The quantitative estimate of drug-likeness (QED) is 0.0236. The van der Waals surface area contributed by atoms with Crippen molar-refractivity contribution in [3.05, 3.63) is 0 Å². The summed E-state index contributed by atoms with van der Waals surface area (Å²) in [4.78, 5) is 28.2. The average Bonchev–Trinajstić information content (AvgIpc) is 2.98. The third kappa shape index (κ3) is 39.5. The third-order valence-electron chi connectivity index (χ3n) is 8.68. The molecular formula is C35H72NO6P. The van der Waals surface area contributed by atoms with Crippen molar-refractivity contribution in [3.8, 4) is 0 Å². The predicted octanol–water partition coefficient (Wildman–Crippen LogP) is 11.5. The maximum absolute atomic E-state index is 10.9. The van der Waals surface area contributed by atoms with Gasteiger partial charge in [-0.05, 0) is 12.8 Å². The number of amides is 1. The molecule has 0 saturated carbocycles. The molecule has 0 heterocycles. The first kappa shape index (κ1) is 42.5. The highest BCUT2D eigenvalue weighted by molar-refractivity contribution is 7.46. The van der Waals surface area contributed by atoms with E-state index in [0.29, 0.717) is 6.42 Å². The molecule has 1 amide bonds. The molecule has 0 fully saturated rings. The first-order valence-corrected chi connectivity index (χ1v) is 20.1. The molecule has 0 aliphatic heterocycles. The van der Waals surface area contributed by atoms with Gasteiger partial charge in [0.1, 0.15) is 0 Å². The van der Waals surface area contributed by atoms with Crippen molar-refractivity contribution >= 4 is 13.7 Å². The van der Waals surface area contributed by atoms with E-state index in [0.717, 1.165) is 32.1 Å². The molecule has 0 aromatic heterocycles. The van der Waals surface area contributed by atoms with Crippen molar-refractivity contribution in [2.75, 3.05) is 6.61 Å². The number of unbranched alkanes of at least 4 members (excludes halogenated alkanes) is 31. The van der Waals surface area contributed by atoms with E-state index in [9.17, 15) is 9.36 Å². The van der Waals surface area contributed by atoms with E-state index in [1.807, 2.05) is 0 Å². The number of phosphoric acid groups is 1. The number of hydrogen-bond acceptors (Lipinski definition) is 4. The molecule has 43 heavy (non-hydrogen) atoms. The van der Waals surface area contributed by atoms with Gasteiger partial charge in [-0.15, -0.1) is 0 Å². The number of nitrogens with one attached hydrogen (secondary N) is 1. The Kier molecular flexibility index (Phi) is 34.0. The van der Waals surface area contributed by atoms with E-state index in [1.165, 1.54) is 173 Å². The Morgan fingerprint density at radius 1 is 0.419 bits per heavy atom.